The molecule has 0 aliphatic heterocycles. The quantitative estimate of drug-likeness (QED) is 0.277. The van der Waals surface area contributed by atoms with E-state index >= 15 is 0 Å². The van der Waals surface area contributed by atoms with Gasteiger partial charge in [-0.2, -0.15) is 5.10 Å². The van der Waals surface area contributed by atoms with Crippen molar-refractivity contribution in [3.05, 3.63) is 17.7 Å². The Morgan fingerprint density at radius 3 is 2.29 bits per heavy atom. The van der Waals surface area contributed by atoms with Gasteiger partial charge in [0.25, 0.3) is 0 Å². The van der Waals surface area contributed by atoms with E-state index in [0.717, 1.165) is 0 Å². The van der Waals surface area contributed by atoms with Gasteiger partial charge in [0.1, 0.15) is 0 Å². The number of hydrogen-bond acceptors (Lipinski definition) is 6. The molecule has 0 aromatic heterocycles. The number of nitrogens with one attached hydrogen (secondary N) is 2. The largest absolute Gasteiger partial charge is 0.493 e. The summed E-state index contributed by atoms with van der Waals surface area (Å²) in [6, 6.07) is 3.32. The summed E-state index contributed by atoms with van der Waals surface area (Å²) in [5.41, 5.74) is 3.31. The van der Waals surface area contributed by atoms with Crippen molar-refractivity contribution in [3.63, 3.8) is 0 Å². The highest BCUT2D eigenvalue weighted by molar-refractivity contribution is 7.80. The van der Waals surface area contributed by atoms with Crippen LogP contribution in [0.1, 0.15) is 12.5 Å². The van der Waals surface area contributed by atoms with Crippen molar-refractivity contribution in [1.29, 1.82) is 0 Å². The standard InChI is InChI=1S/C13H17N3O4S/c1-8(17)20-12-10(18-3)5-9(6-11(12)19-4)7-15-16-13(21)14-2/h5-7H,1-4H3,(H2,14,16,21)/b15-7+. The SMILES string of the molecule is CNC(=S)N/N=C/c1cc(OC)c(OC(C)=O)c(OC)c1. The van der Waals surface area contributed by atoms with Crippen LogP contribution in [-0.2, 0) is 4.79 Å². The predicted molar refractivity (Wildman–Crippen MR) is 83.2 cm³/mol. The Balaban J connectivity index is 3.08. The van der Waals surface area contributed by atoms with E-state index in [4.69, 9.17) is 26.4 Å². The van der Waals surface area contributed by atoms with Crippen molar-refractivity contribution < 1.29 is 19.0 Å². The van der Waals surface area contributed by atoms with E-state index < -0.39 is 5.97 Å². The van der Waals surface area contributed by atoms with Gasteiger partial charge in [-0.05, 0) is 24.4 Å². The summed E-state index contributed by atoms with van der Waals surface area (Å²) in [7, 11) is 4.62. The zero-order chi connectivity index (χ0) is 15.8. The Labute approximate surface area is 128 Å². The molecule has 0 aliphatic rings. The van der Waals surface area contributed by atoms with E-state index in [1.807, 2.05) is 0 Å². The second-order valence-electron chi connectivity index (χ2n) is 3.80. The van der Waals surface area contributed by atoms with Crippen molar-refractivity contribution >= 4 is 29.5 Å². The molecule has 0 saturated heterocycles. The Bertz CT molecular complexity index is 535. The van der Waals surface area contributed by atoms with E-state index in [0.29, 0.717) is 22.2 Å². The first-order valence-corrected chi connectivity index (χ1v) is 6.37. The summed E-state index contributed by atoms with van der Waals surface area (Å²) in [6.45, 7) is 1.30. The highest BCUT2D eigenvalue weighted by Gasteiger charge is 2.15. The van der Waals surface area contributed by atoms with Crippen LogP contribution in [0.5, 0.6) is 17.2 Å². The van der Waals surface area contributed by atoms with Crippen LogP contribution >= 0.6 is 12.2 Å². The number of esters is 1. The molecule has 0 saturated carbocycles. The summed E-state index contributed by atoms with van der Waals surface area (Å²) < 4.78 is 15.5. The predicted octanol–water partition coefficient (Wildman–Crippen LogP) is 1.06. The van der Waals surface area contributed by atoms with Gasteiger partial charge in [0.2, 0.25) is 5.75 Å². The first kappa shape index (κ1) is 16.7. The monoisotopic (exact) mass is 311 g/mol. The zero-order valence-electron chi connectivity index (χ0n) is 12.2. The van der Waals surface area contributed by atoms with Gasteiger partial charge in [-0.25, -0.2) is 0 Å². The zero-order valence-corrected chi connectivity index (χ0v) is 13.0. The molecule has 1 aromatic carbocycles. The molecule has 2 N–H and O–H groups in total. The number of carbonyl (C=O) groups excluding carboxylic acids is 1. The molecule has 1 rings (SSSR count). The van der Waals surface area contributed by atoms with E-state index in [1.165, 1.54) is 27.4 Å². The maximum absolute atomic E-state index is 11.1. The number of ether oxygens (including phenoxy) is 3. The summed E-state index contributed by atoms with van der Waals surface area (Å²) in [5, 5.41) is 7.07. The number of carbonyl (C=O) groups is 1. The van der Waals surface area contributed by atoms with Crippen LogP contribution in [0.2, 0.25) is 0 Å². The van der Waals surface area contributed by atoms with Crippen molar-refractivity contribution in [2.75, 3.05) is 21.3 Å². The fourth-order valence-corrected chi connectivity index (χ4v) is 1.49. The molecule has 8 heteroatoms. The Morgan fingerprint density at radius 2 is 1.86 bits per heavy atom. The average Bonchev–Trinajstić information content (AvgIpc) is 2.47. The molecule has 0 aliphatic carbocycles. The van der Waals surface area contributed by atoms with E-state index in [9.17, 15) is 4.79 Å². The molecular weight excluding hydrogens is 294 g/mol. The smallest absolute Gasteiger partial charge is 0.308 e. The molecule has 0 unspecified atom stereocenters. The van der Waals surface area contributed by atoms with Gasteiger partial charge in [-0.15, -0.1) is 0 Å². The van der Waals surface area contributed by atoms with Crippen LogP contribution in [0, 0.1) is 0 Å². The van der Waals surface area contributed by atoms with Crippen molar-refractivity contribution in [2.24, 2.45) is 5.10 Å². The lowest BCUT2D eigenvalue weighted by molar-refractivity contribution is -0.132. The number of rotatable bonds is 5. The van der Waals surface area contributed by atoms with Gasteiger partial charge < -0.3 is 19.5 Å². The number of hydrazone groups is 1. The molecule has 0 bridgehead atoms. The number of methoxy groups -OCH3 is 2. The van der Waals surface area contributed by atoms with E-state index in [-0.39, 0.29) is 5.75 Å². The summed E-state index contributed by atoms with van der Waals surface area (Å²) in [5.74, 6) is 0.488. The molecule has 0 amide bonds. The van der Waals surface area contributed by atoms with Crippen molar-refractivity contribution in [1.82, 2.24) is 10.7 Å². The van der Waals surface area contributed by atoms with Crippen LogP contribution in [0.15, 0.2) is 17.2 Å². The van der Waals surface area contributed by atoms with E-state index in [1.54, 1.807) is 19.2 Å². The first-order valence-electron chi connectivity index (χ1n) is 5.97. The van der Waals surface area contributed by atoms with Gasteiger partial charge in [0, 0.05) is 19.5 Å². The summed E-state index contributed by atoms with van der Waals surface area (Å²) in [6.07, 6.45) is 1.53. The Morgan fingerprint density at radius 1 is 1.29 bits per heavy atom. The summed E-state index contributed by atoms with van der Waals surface area (Å²) >= 11 is 4.89. The second kappa shape index (κ2) is 8.05. The van der Waals surface area contributed by atoms with Gasteiger partial charge in [0.05, 0.1) is 20.4 Å². The molecule has 114 valence electrons. The molecule has 0 atom stereocenters. The molecule has 21 heavy (non-hydrogen) atoms. The fourth-order valence-electron chi connectivity index (χ4n) is 1.44. The minimum atomic E-state index is -0.464. The normalized spacial score (nSPS) is 10.1. The number of benzene rings is 1. The second-order valence-corrected chi connectivity index (χ2v) is 4.21. The first-order chi connectivity index (χ1) is 10.0. The van der Waals surface area contributed by atoms with Gasteiger partial charge in [-0.1, -0.05) is 0 Å². The van der Waals surface area contributed by atoms with Crippen molar-refractivity contribution in [3.8, 4) is 17.2 Å². The van der Waals surface area contributed by atoms with Gasteiger partial charge >= 0.3 is 5.97 Å². The van der Waals surface area contributed by atoms with Gasteiger partial charge in [0.15, 0.2) is 16.6 Å². The molecular formula is C13H17N3O4S. The third kappa shape index (κ3) is 4.92. The molecule has 1 aromatic rings. The highest BCUT2D eigenvalue weighted by Crippen LogP contribution is 2.38. The number of thiocarbonyl (C=S) groups is 1. The Kier molecular flexibility index (Phi) is 6.41. The highest BCUT2D eigenvalue weighted by atomic mass is 32.1. The van der Waals surface area contributed by atoms with Crippen LogP contribution < -0.4 is 25.0 Å². The number of nitrogens with zero attached hydrogens (tertiary/aromatic N) is 1. The van der Waals surface area contributed by atoms with Crippen molar-refractivity contribution in [2.45, 2.75) is 6.92 Å². The van der Waals surface area contributed by atoms with Crippen LogP contribution in [0.3, 0.4) is 0 Å². The lowest BCUT2D eigenvalue weighted by Crippen LogP contribution is -2.28. The maximum Gasteiger partial charge on any atom is 0.308 e. The Hall–Kier alpha value is -2.35. The average molecular weight is 311 g/mol. The van der Waals surface area contributed by atoms with E-state index in [2.05, 4.69) is 15.8 Å². The maximum atomic E-state index is 11.1. The molecule has 0 radical (unpaired) electrons. The molecule has 0 heterocycles. The van der Waals surface area contributed by atoms with Crippen LogP contribution in [0.4, 0.5) is 0 Å². The lowest BCUT2D eigenvalue weighted by Gasteiger charge is -2.13. The third-order valence-electron chi connectivity index (χ3n) is 2.34. The molecule has 0 spiro atoms. The van der Waals surface area contributed by atoms with Crippen LogP contribution in [0.25, 0.3) is 0 Å². The van der Waals surface area contributed by atoms with Gasteiger partial charge in [-0.3, -0.25) is 10.2 Å². The molecule has 7 nitrogen and oxygen atoms in total. The topological polar surface area (TPSA) is 81.2 Å². The lowest BCUT2D eigenvalue weighted by atomic mass is 10.2. The fraction of sp³-hybridized carbons (Fsp3) is 0.308. The summed E-state index contributed by atoms with van der Waals surface area (Å²) in [4.78, 5) is 11.1. The minimum absolute atomic E-state index is 0.225. The number of hydrogen-bond donors (Lipinski definition) is 2. The minimum Gasteiger partial charge on any atom is -0.493 e. The molecule has 0 fully saturated rings. The third-order valence-corrected chi connectivity index (χ3v) is 2.63. The van der Waals surface area contributed by atoms with Crippen LogP contribution in [-0.4, -0.2) is 38.6 Å².